The summed E-state index contributed by atoms with van der Waals surface area (Å²) in [6, 6.07) is 78.8. The molecule has 0 fully saturated rings. The second-order valence-electron chi connectivity index (χ2n) is 18.8. The highest BCUT2D eigenvalue weighted by Crippen LogP contribution is 2.45. The highest BCUT2D eigenvalue weighted by molar-refractivity contribution is 6.18. The molecule has 0 unspecified atom stereocenters. The van der Waals surface area contributed by atoms with Gasteiger partial charge >= 0.3 is 0 Å². The number of hydrogen-bond donors (Lipinski definition) is 0. The minimum absolute atomic E-state index is 0.841. The molecule has 4 nitrogen and oxygen atoms in total. The predicted molar refractivity (Wildman–Crippen MR) is 295 cm³/mol. The summed E-state index contributed by atoms with van der Waals surface area (Å²) < 4.78 is 13.5. The lowest BCUT2D eigenvalue weighted by atomic mass is 10.0. The summed E-state index contributed by atoms with van der Waals surface area (Å²) in [5, 5.41) is 8.72. The van der Waals surface area contributed by atoms with Crippen molar-refractivity contribution < 1.29 is 8.83 Å². The van der Waals surface area contributed by atoms with Crippen molar-refractivity contribution in [2.75, 3.05) is 9.80 Å². The lowest BCUT2D eigenvalue weighted by molar-refractivity contribution is 0.664. The van der Waals surface area contributed by atoms with Crippen molar-refractivity contribution in [3.63, 3.8) is 0 Å². The van der Waals surface area contributed by atoms with Gasteiger partial charge in [-0.2, -0.15) is 0 Å². The molecule has 334 valence electrons. The van der Waals surface area contributed by atoms with Gasteiger partial charge in [-0.25, -0.2) is 0 Å². The summed E-state index contributed by atoms with van der Waals surface area (Å²) in [6.07, 6.45) is 0. The molecule has 0 atom stereocenters. The van der Waals surface area contributed by atoms with Gasteiger partial charge in [0.05, 0.1) is 11.4 Å². The maximum absolute atomic E-state index is 6.77. The van der Waals surface area contributed by atoms with Crippen LogP contribution in [0.1, 0.15) is 22.3 Å². The van der Waals surface area contributed by atoms with Crippen molar-refractivity contribution in [1.82, 2.24) is 0 Å². The van der Waals surface area contributed by atoms with Crippen LogP contribution < -0.4 is 9.80 Å². The van der Waals surface area contributed by atoms with Gasteiger partial charge < -0.3 is 18.6 Å². The first kappa shape index (κ1) is 41.3. The Kier molecular flexibility index (Phi) is 9.70. The number of rotatable bonds is 8. The summed E-state index contributed by atoms with van der Waals surface area (Å²) in [5.74, 6) is 0. The topological polar surface area (TPSA) is 32.8 Å². The maximum atomic E-state index is 6.77. The summed E-state index contributed by atoms with van der Waals surface area (Å²) in [7, 11) is 0. The Balaban J connectivity index is 0.898. The van der Waals surface area contributed by atoms with Crippen LogP contribution in [-0.2, 0) is 0 Å². The average molecular weight is 901 g/mol. The minimum atomic E-state index is 0.841. The van der Waals surface area contributed by atoms with Gasteiger partial charge in [0.1, 0.15) is 22.3 Å². The van der Waals surface area contributed by atoms with Crippen LogP contribution in [0.5, 0.6) is 0 Å². The van der Waals surface area contributed by atoms with Crippen molar-refractivity contribution in [1.29, 1.82) is 0 Å². The highest BCUT2D eigenvalue weighted by atomic mass is 16.3. The molecule has 13 aromatic rings. The van der Waals surface area contributed by atoms with Gasteiger partial charge in [0.2, 0.25) is 0 Å². The molecule has 0 saturated heterocycles. The molecular formula is C66H48N2O2. The number of para-hydroxylation sites is 2. The van der Waals surface area contributed by atoms with Gasteiger partial charge in [-0.15, -0.1) is 0 Å². The molecule has 0 spiro atoms. The fraction of sp³-hybridized carbons (Fsp3) is 0.0606. The van der Waals surface area contributed by atoms with Crippen LogP contribution in [0, 0.1) is 27.7 Å². The van der Waals surface area contributed by atoms with Crippen LogP contribution in [0.4, 0.5) is 34.1 Å². The molecule has 0 aliphatic rings. The van der Waals surface area contributed by atoms with Crippen LogP contribution >= 0.6 is 0 Å². The number of fused-ring (bicyclic) bond motifs is 8. The SMILES string of the molecule is Cc1cccc(C)c1N(c1cccc(-c2ccccc2)c1)c1ccc2cc3c(cc2c1)oc1cc2c(cc13)oc1cc3cc(N(c4cccc(-c5ccccc5)c4)c4c(C)cccc4C)ccc3cc12. The van der Waals surface area contributed by atoms with E-state index < -0.39 is 0 Å². The van der Waals surface area contributed by atoms with E-state index in [-0.39, 0.29) is 0 Å². The maximum Gasteiger partial charge on any atom is 0.136 e. The monoisotopic (exact) mass is 900 g/mol. The van der Waals surface area contributed by atoms with E-state index in [2.05, 4.69) is 256 Å². The first-order valence-electron chi connectivity index (χ1n) is 24.1. The summed E-state index contributed by atoms with van der Waals surface area (Å²) in [4.78, 5) is 4.80. The largest absolute Gasteiger partial charge is 0.456 e. The fourth-order valence-corrected chi connectivity index (χ4v) is 10.8. The Morgan fingerprint density at radius 3 is 1.01 bits per heavy atom. The third kappa shape index (κ3) is 6.99. The van der Waals surface area contributed by atoms with Crippen LogP contribution in [0.15, 0.2) is 227 Å². The number of anilines is 6. The quantitative estimate of drug-likeness (QED) is 0.152. The Morgan fingerprint density at radius 2 is 0.600 bits per heavy atom. The molecule has 0 saturated carbocycles. The third-order valence-corrected chi connectivity index (χ3v) is 14.2. The van der Waals surface area contributed by atoms with E-state index in [0.717, 1.165) is 88.2 Å². The molecule has 4 heteroatoms. The van der Waals surface area contributed by atoms with Crippen molar-refractivity contribution in [2.45, 2.75) is 27.7 Å². The Morgan fingerprint density at radius 1 is 0.257 bits per heavy atom. The van der Waals surface area contributed by atoms with Crippen LogP contribution in [-0.4, -0.2) is 0 Å². The first-order chi connectivity index (χ1) is 34.3. The van der Waals surface area contributed by atoms with E-state index in [9.17, 15) is 0 Å². The van der Waals surface area contributed by atoms with Crippen LogP contribution in [0.3, 0.4) is 0 Å². The first-order valence-corrected chi connectivity index (χ1v) is 24.1. The molecule has 11 aromatic carbocycles. The molecule has 70 heavy (non-hydrogen) atoms. The number of benzene rings is 11. The zero-order chi connectivity index (χ0) is 47.0. The summed E-state index contributed by atoms with van der Waals surface area (Å²) >= 11 is 0. The lowest BCUT2D eigenvalue weighted by Crippen LogP contribution is -2.13. The molecule has 0 radical (unpaired) electrons. The second-order valence-corrected chi connectivity index (χ2v) is 18.8. The van der Waals surface area contributed by atoms with Crippen molar-refractivity contribution in [3.05, 3.63) is 241 Å². The van der Waals surface area contributed by atoms with E-state index in [1.54, 1.807) is 0 Å². The van der Waals surface area contributed by atoms with Crippen molar-refractivity contribution in [2.24, 2.45) is 0 Å². The van der Waals surface area contributed by atoms with Gasteiger partial charge in [-0.05, 0) is 179 Å². The van der Waals surface area contributed by atoms with E-state index in [4.69, 9.17) is 8.83 Å². The van der Waals surface area contributed by atoms with E-state index in [1.807, 2.05) is 0 Å². The average Bonchev–Trinajstić information content (AvgIpc) is 3.92. The molecular weight excluding hydrogens is 853 g/mol. The number of nitrogens with zero attached hydrogens (tertiary/aromatic N) is 2. The van der Waals surface area contributed by atoms with Gasteiger partial charge in [0.15, 0.2) is 0 Å². The third-order valence-electron chi connectivity index (χ3n) is 14.2. The minimum Gasteiger partial charge on any atom is -0.456 e. The van der Waals surface area contributed by atoms with E-state index in [1.165, 1.54) is 55.9 Å². The van der Waals surface area contributed by atoms with E-state index in [0.29, 0.717) is 0 Å². The van der Waals surface area contributed by atoms with Crippen LogP contribution in [0.2, 0.25) is 0 Å². The fourth-order valence-electron chi connectivity index (χ4n) is 10.8. The Labute approximate surface area is 406 Å². The highest BCUT2D eigenvalue weighted by Gasteiger charge is 2.22. The molecule has 13 rings (SSSR count). The van der Waals surface area contributed by atoms with E-state index >= 15 is 0 Å². The lowest BCUT2D eigenvalue weighted by Gasteiger charge is -2.29. The normalized spacial score (nSPS) is 11.7. The van der Waals surface area contributed by atoms with Crippen molar-refractivity contribution >= 4 is 99.5 Å². The molecule has 0 aliphatic heterocycles. The smallest absolute Gasteiger partial charge is 0.136 e. The van der Waals surface area contributed by atoms with Crippen molar-refractivity contribution in [3.8, 4) is 22.3 Å². The molecule has 2 aromatic heterocycles. The van der Waals surface area contributed by atoms with Gasteiger partial charge in [-0.3, -0.25) is 0 Å². The zero-order valence-electron chi connectivity index (χ0n) is 39.5. The number of hydrogen-bond acceptors (Lipinski definition) is 4. The van der Waals surface area contributed by atoms with Crippen LogP contribution in [0.25, 0.3) is 87.7 Å². The standard InChI is InChI=1S/C66H48N2O2/c1-41-15-11-16-42(2)65(41)67(53-25-13-23-47(31-53)45-19-7-5-8-20-45)55-29-27-49-35-57-59-39-64-60(40-63(59)69-61(57)37-51(49)33-55)58-36-50-28-30-56(34-52(50)38-62(58)70-64)68(66-43(3)17-12-18-44(66)4)54-26-14-24-48(32-54)46-21-9-6-10-22-46/h5-40H,1-4H3. The predicted octanol–water partition coefficient (Wildman–Crippen LogP) is 19.3. The van der Waals surface area contributed by atoms with Gasteiger partial charge in [-0.1, -0.05) is 133 Å². The molecule has 0 aliphatic carbocycles. The molecule has 2 heterocycles. The number of furan rings is 2. The summed E-state index contributed by atoms with van der Waals surface area (Å²) in [5.41, 5.74) is 19.7. The number of aryl methyl sites for hydroxylation is 4. The molecule has 0 N–H and O–H groups in total. The van der Waals surface area contributed by atoms with Gasteiger partial charge in [0.25, 0.3) is 0 Å². The molecule has 0 bridgehead atoms. The van der Waals surface area contributed by atoms with Gasteiger partial charge in [0, 0.05) is 44.3 Å². The molecule has 0 amide bonds. The Hall–Kier alpha value is -8.86. The second kappa shape index (κ2) is 16.4. The summed E-state index contributed by atoms with van der Waals surface area (Å²) in [6.45, 7) is 8.79. The zero-order valence-corrected chi connectivity index (χ0v) is 39.5. The Bertz CT molecular complexity index is 3870.